The number of carbonyl (C=O) groups is 1. The lowest BCUT2D eigenvalue weighted by Gasteiger charge is -2.20. The van der Waals surface area contributed by atoms with E-state index in [1.54, 1.807) is 0 Å². The molecule has 2 heterocycles. The Bertz CT molecular complexity index is 642. The van der Waals surface area contributed by atoms with Crippen LogP contribution < -0.4 is 11.2 Å². The first kappa shape index (κ1) is 15.4. The van der Waals surface area contributed by atoms with Crippen molar-refractivity contribution >= 4 is 5.91 Å². The molecule has 116 valence electrons. The zero-order valence-corrected chi connectivity index (χ0v) is 11.8. The van der Waals surface area contributed by atoms with Crippen LogP contribution in [0.25, 0.3) is 0 Å². The quantitative estimate of drug-likeness (QED) is 0.755. The van der Waals surface area contributed by atoms with Crippen LogP contribution in [0.15, 0.2) is 21.9 Å². The van der Waals surface area contributed by atoms with Crippen molar-refractivity contribution in [1.29, 1.82) is 0 Å². The Morgan fingerprint density at radius 3 is 2.76 bits per heavy atom. The lowest BCUT2D eigenvalue weighted by molar-refractivity contribution is -0.183. The van der Waals surface area contributed by atoms with Gasteiger partial charge in [-0.15, -0.1) is 0 Å². The number of aromatic nitrogens is 2. The summed E-state index contributed by atoms with van der Waals surface area (Å²) in [6.45, 7) is 1.51. The van der Waals surface area contributed by atoms with E-state index in [0.29, 0.717) is 0 Å². The second-order valence-electron chi connectivity index (χ2n) is 4.79. The lowest BCUT2D eigenvalue weighted by Crippen LogP contribution is -2.39. The number of ether oxygens (including phenoxy) is 1. The minimum absolute atomic E-state index is 0.548. The maximum atomic E-state index is 14.3. The molecule has 0 aliphatic carbocycles. The SMILES string of the molecule is CON(C)C(=O)[C@H]1O[C@@H](n2ccc(=O)[nH]c2=O)[C@@H](F)C1C. The van der Waals surface area contributed by atoms with E-state index in [2.05, 4.69) is 0 Å². The Hall–Kier alpha value is -2.00. The summed E-state index contributed by atoms with van der Waals surface area (Å²) < 4.78 is 20.6. The minimum atomic E-state index is -1.58. The summed E-state index contributed by atoms with van der Waals surface area (Å²) in [5, 5.41) is 0.936. The molecule has 1 aliphatic rings. The third-order valence-electron chi connectivity index (χ3n) is 3.49. The number of H-pyrrole nitrogens is 1. The molecule has 1 fully saturated rings. The van der Waals surface area contributed by atoms with Crippen LogP contribution in [0, 0.1) is 5.92 Å². The zero-order chi connectivity index (χ0) is 15.7. The number of hydrogen-bond acceptors (Lipinski definition) is 5. The molecule has 0 spiro atoms. The second kappa shape index (κ2) is 5.78. The van der Waals surface area contributed by atoms with E-state index in [1.165, 1.54) is 21.1 Å². The van der Waals surface area contributed by atoms with Gasteiger partial charge in [0, 0.05) is 25.2 Å². The summed E-state index contributed by atoms with van der Waals surface area (Å²) in [4.78, 5) is 41.5. The van der Waals surface area contributed by atoms with Gasteiger partial charge in [0.25, 0.3) is 11.5 Å². The molecule has 2 rings (SSSR count). The van der Waals surface area contributed by atoms with Crippen LogP contribution in [0.1, 0.15) is 13.2 Å². The number of nitrogens with one attached hydrogen (secondary N) is 1. The number of rotatable bonds is 3. The summed E-state index contributed by atoms with van der Waals surface area (Å²) in [5.74, 6) is -1.31. The van der Waals surface area contributed by atoms with Crippen LogP contribution in [0.4, 0.5) is 4.39 Å². The highest BCUT2D eigenvalue weighted by molar-refractivity contribution is 5.80. The number of alkyl halides is 1. The Balaban J connectivity index is 2.30. The summed E-state index contributed by atoms with van der Waals surface area (Å²) in [7, 11) is 2.68. The monoisotopic (exact) mass is 301 g/mol. The summed E-state index contributed by atoms with van der Waals surface area (Å²) >= 11 is 0. The molecule has 0 bridgehead atoms. The van der Waals surface area contributed by atoms with Crippen LogP contribution in [0.2, 0.25) is 0 Å². The highest BCUT2D eigenvalue weighted by Gasteiger charge is 2.48. The van der Waals surface area contributed by atoms with Gasteiger partial charge in [0.1, 0.15) is 6.10 Å². The van der Waals surface area contributed by atoms with Crippen molar-refractivity contribution in [3.05, 3.63) is 33.1 Å². The van der Waals surface area contributed by atoms with Crippen LogP contribution in [-0.2, 0) is 14.4 Å². The molecule has 1 saturated heterocycles. The first-order valence-electron chi connectivity index (χ1n) is 6.29. The van der Waals surface area contributed by atoms with Crippen LogP contribution in [0.5, 0.6) is 0 Å². The van der Waals surface area contributed by atoms with Crippen molar-refractivity contribution in [3.8, 4) is 0 Å². The molecule has 8 nitrogen and oxygen atoms in total. The molecule has 21 heavy (non-hydrogen) atoms. The van der Waals surface area contributed by atoms with E-state index in [9.17, 15) is 18.8 Å². The second-order valence-corrected chi connectivity index (χ2v) is 4.79. The Kier molecular flexibility index (Phi) is 4.24. The smallest absolute Gasteiger partial charge is 0.330 e. The van der Waals surface area contributed by atoms with Gasteiger partial charge in [0.05, 0.1) is 7.11 Å². The Labute approximate surface area is 119 Å². The summed E-state index contributed by atoms with van der Waals surface area (Å²) in [6, 6.07) is 1.08. The molecule has 1 amide bonds. The first-order chi connectivity index (χ1) is 9.86. The van der Waals surface area contributed by atoms with Gasteiger partial charge in [0.15, 0.2) is 12.4 Å². The number of likely N-dealkylation sites (N-methyl/N-ethyl adjacent to an activating group) is 1. The van der Waals surface area contributed by atoms with Crippen molar-refractivity contribution < 1.29 is 18.8 Å². The first-order valence-corrected chi connectivity index (χ1v) is 6.29. The number of carbonyl (C=O) groups excluding carboxylic acids is 1. The van der Waals surface area contributed by atoms with E-state index in [1.807, 2.05) is 4.98 Å². The van der Waals surface area contributed by atoms with E-state index in [4.69, 9.17) is 9.57 Å². The largest absolute Gasteiger partial charge is 0.341 e. The van der Waals surface area contributed by atoms with E-state index in [0.717, 1.165) is 21.9 Å². The zero-order valence-electron chi connectivity index (χ0n) is 11.8. The third-order valence-corrected chi connectivity index (χ3v) is 3.49. The lowest BCUT2D eigenvalue weighted by atomic mass is 10.0. The van der Waals surface area contributed by atoms with E-state index in [-0.39, 0.29) is 0 Å². The van der Waals surface area contributed by atoms with Crippen molar-refractivity contribution in [3.63, 3.8) is 0 Å². The number of aromatic amines is 1. The molecule has 1 aliphatic heterocycles. The van der Waals surface area contributed by atoms with Crippen molar-refractivity contribution in [1.82, 2.24) is 14.6 Å². The van der Waals surface area contributed by atoms with Crippen molar-refractivity contribution in [2.45, 2.75) is 25.4 Å². The van der Waals surface area contributed by atoms with Gasteiger partial charge in [-0.3, -0.25) is 24.0 Å². The third kappa shape index (κ3) is 2.74. The Morgan fingerprint density at radius 2 is 2.19 bits per heavy atom. The molecule has 4 atom stereocenters. The molecule has 1 N–H and O–H groups in total. The number of nitrogens with zero attached hydrogens (tertiary/aromatic N) is 2. The standard InChI is InChI=1S/C12H16FN3O5/c1-6-8(13)11(16-5-4-7(17)14-12(16)19)21-9(6)10(18)15(2)20-3/h4-6,8-9,11H,1-3H3,(H,14,17,19)/t6?,8-,9-,11+/m0/s1. The molecule has 0 saturated carbocycles. The molecule has 0 radical (unpaired) electrons. The molecular formula is C12H16FN3O5. The van der Waals surface area contributed by atoms with Crippen molar-refractivity contribution in [2.75, 3.05) is 14.2 Å². The average molecular weight is 301 g/mol. The highest BCUT2D eigenvalue weighted by Crippen LogP contribution is 2.35. The Morgan fingerprint density at radius 1 is 1.52 bits per heavy atom. The highest BCUT2D eigenvalue weighted by atomic mass is 19.1. The fourth-order valence-electron chi connectivity index (χ4n) is 2.17. The van der Waals surface area contributed by atoms with Gasteiger partial charge in [-0.1, -0.05) is 6.92 Å². The van der Waals surface area contributed by atoms with Gasteiger partial charge in [-0.25, -0.2) is 14.2 Å². The molecule has 1 aromatic rings. The average Bonchev–Trinajstić information content (AvgIpc) is 2.74. The fourth-order valence-corrected chi connectivity index (χ4v) is 2.17. The fraction of sp³-hybridized carbons (Fsp3) is 0.583. The van der Waals surface area contributed by atoms with Gasteiger partial charge in [-0.2, -0.15) is 0 Å². The number of amides is 1. The minimum Gasteiger partial charge on any atom is -0.341 e. The summed E-state index contributed by atoms with van der Waals surface area (Å²) in [6.07, 6.45) is -2.79. The number of hydroxylamine groups is 2. The maximum absolute atomic E-state index is 14.3. The maximum Gasteiger partial charge on any atom is 0.330 e. The van der Waals surface area contributed by atoms with Crippen LogP contribution in [0.3, 0.4) is 0 Å². The van der Waals surface area contributed by atoms with E-state index >= 15 is 0 Å². The predicted octanol–water partition coefficient (Wildman–Crippen LogP) is -0.572. The molecule has 0 aromatic carbocycles. The predicted molar refractivity (Wildman–Crippen MR) is 69.1 cm³/mol. The van der Waals surface area contributed by atoms with Gasteiger partial charge < -0.3 is 4.74 Å². The van der Waals surface area contributed by atoms with Crippen LogP contribution >= 0.6 is 0 Å². The van der Waals surface area contributed by atoms with Crippen molar-refractivity contribution in [2.24, 2.45) is 5.92 Å². The van der Waals surface area contributed by atoms with E-state index < -0.39 is 41.6 Å². The number of hydrogen-bond donors (Lipinski definition) is 1. The summed E-state index contributed by atoms with van der Waals surface area (Å²) in [5.41, 5.74) is -1.39. The molecule has 1 aromatic heterocycles. The molecule has 9 heteroatoms. The van der Waals surface area contributed by atoms with Gasteiger partial charge in [-0.05, 0) is 0 Å². The topological polar surface area (TPSA) is 93.6 Å². The molecule has 1 unspecified atom stereocenters. The van der Waals surface area contributed by atoms with Gasteiger partial charge >= 0.3 is 5.69 Å². The molecular weight excluding hydrogens is 285 g/mol. The number of halogens is 1. The normalized spacial score (nSPS) is 28.6. The van der Waals surface area contributed by atoms with Crippen LogP contribution in [-0.4, -0.2) is 47.0 Å². The van der Waals surface area contributed by atoms with Gasteiger partial charge in [0.2, 0.25) is 0 Å².